The molecule has 0 saturated carbocycles. The Morgan fingerprint density at radius 2 is 0.927 bits per heavy atom. The number of unbranched alkanes of at least 4 members (excludes halogenated alkanes) is 22. The summed E-state index contributed by atoms with van der Waals surface area (Å²) in [4.78, 5) is 12.0. The molecule has 0 aromatic rings. The molecule has 0 bridgehead atoms. The molecule has 0 saturated heterocycles. The fraction of sp³-hybridized carbons (Fsp3) is 0.972. The molecular weight excluding hydrogens is 510 g/mol. The van der Waals surface area contributed by atoms with Crippen molar-refractivity contribution in [1.82, 2.24) is 5.32 Å². The van der Waals surface area contributed by atoms with E-state index >= 15 is 0 Å². The lowest BCUT2D eigenvalue weighted by Crippen LogP contribution is -2.37. The molecule has 0 aliphatic carbocycles. The Balaban J connectivity index is 3.89. The van der Waals surface area contributed by atoms with Gasteiger partial charge in [-0.1, -0.05) is 169 Å². The van der Waals surface area contributed by atoms with Gasteiger partial charge < -0.3 is 19.5 Å². The second kappa shape index (κ2) is 33.7. The molecule has 246 valence electrons. The maximum absolute atomic E-state index is 12.0. The van der Waals surface area contributed by atoms with E-state index in [1.165, 1.54) is 141 Å². The molecule has 1 amide bonds. The topological polar surface area (TPSA) is 56.8 Å². The molecule has 0 aliphatic rings. The van der Waals surface area contributed by atoms with Crippen LogP contribution in [0.25, 0.3) is 0 Å². The van der Waals surface area contributed by atoms with E-state index in [1.807, 2.05) is 13.8 Å². The van der Waals surface area contributed by atoms with E-state index < -0.39 is 0 Å². The van der Waals surface area contributed by atoms with Crippen LogP contribution in [0.2, 0.25) is 0 Å². The molecule has 5 nitrogen and oxygen atoms in total. The number of hydrogen-bond donors (Lipinski definition) is 1. The highest BCUT2D eigenvalue weighted by Crippen LogP contribution is 2.13. The largest absolute Gasteiger partial charge is 0.449 e. The van der Waals surface area contributed by atoms with Crippen LogP contribution in [0, 0.1) is 5.92 Å². The molecule has 1 N–H and O–H groups in total. The van der Waals surface area contributed by atoms with Gasteiger partial charge in [-0.2, -0.15) is 0 Å². The second-order valence-electron chi connectivity index (χ2n) is 12.7. The minimum Gasteiger partial charge on any atom is -0.449 e. The van der Waals surface area contributed by atoms with Crippen molar-refractivity contribution in [3.63, 3.8) is 0 Å². The first-order valence-electron chi connectivity index (χ1n) is 18.2. The summed E-state index contributed by atoms with van der Waals surface area (Å²) in [5.74, 6) is 0.331. The van der Waals surface area contributed by atoms with Gasteiger partial charge in [-0.25, -0.2) is 4.79 Å². The maximum Gasteiger partial charge on any atom is 0.407 e. The summed E-state index contributed by atoms with van der Waals surface area (Å²) in [5.41, 5.74) is 0. The minimum absolute atomic E-state index is 0.119. The summed E-state index contributed by atoms with van der Waals surface area (Å²) in [7, 11) is 0. The standard InChI is InChI=1S/C36H73NO4/c1-5-7-9-11-13-15-17-19-21-23-25-27-29-39-33-35(31-37-36(38)41-32-34(3)4)40-30-28-26-24-22-20-18-16-14-12-10-8-6-2/h34-35H,5-33H2,1-4H3,(H,37,38). The fourth-order valence-corrected chi connectivity index (χ4v) is 5.11. The van der Waals surface area contributed by atoms with Gasteiger partial charge in [0.2, 0.25) is 0 Å². The maximum atomic E-state index is 12.0. The Morgan fingerprint density at radius 3 is 1.34 bits per heavy atom. The van der Waals surface area contributed by atoms with E-state index in [0.29, 0.717) is 25.7 Å². The van der Waals surface area contributed by atoms with E-state index in [9.17, 15) is 4.79 Å². The summed E-state index contributed by atoms with van der Waals surface area (Å²) in [5, 5.41) is 2.87. The molecular formula is C36H73NO4. The van der Waals surface area contributed by atoms with Crippen LogP contribution in [-0.2, 0) is 14.2 Å². The first-order valence-corrected chi connectivity index (χ1v) is 18.2. The van der Waals surface area contributed by atoms with Crippen molar-refractivity contribution in [2.45, 2.75) is 188 Å². The first kappa shape index (κ1) is 40.2. The quantitative estimate of drug-likeness (QED) is 0.0781. The van der Waals surface area contributed by atoms with Crippen molar-refractivity contribution in [1.29, 1.82) is 0 Å². The molecule has 5 heteroatoms. The summed E-state index contributed by atoms with van der Waals surface area (Å²) < 4.78 is 17.3. The summed E-state index contributed by atoms with van der Waals surface area (Å²) in [6, 6.07) is 0. The third-order valence-electron chi connectivity index (χ3n) is 7.82. The van der Waals surface area contributed by atoms with Crippen LogP contribution in [0.5, 0.6) is 0 Å². The van der Waals surface area contributed by atoms with Crippen LogP contribution >= 0.6 is 0 Å². The van der Waals surface area contributed by atoms with Crippen LogP contribution < -0.4 is 5.32 Å². The van der Waals surface area contributed by atoms with Gasteiger partial charge >= 0.3 is 6.09 Å². The summed E-state index contributed by atoms with van der Waals surface area (Å²) in [6.45, 7) is 11.5. The van der Waals surface area contributed by atoms with Crippen molar-refractivity contribution in [3.05, 3.63) is 0 Å². The van der Waals surface area contributed by atoms with Crippen molar-refractivity contribution < 1.29 is 19.0 Å². The summed E-state index contributed by atoms with van der Waals surface area (Å²) in [6.07, 6.45) is 31.7. The third-order valence-corrected chi connectivity index (χ3v) is 7.82. The van der Waals surface area contributed by atoms with Crippen LogP contribution in [-0.4, -0.2) is 45.2 Å². The number of ether oxygens (including phenoxy) is 3. The lowest BCUT2D eigenvalue weighted by atomic mass is 10.1. The van der Waals surface area contributed by atoms with Crippen molar-refractivity contribution in [2.75, 3.05) is 33.0 Å². The van der Waals surface area contributed by atoms with Crippen LogP contribution in [0.15, 0.2) is 0 Å². The molecule has 0 radical (unpaired) electrons. The lowest BCUT2D eigenvalue weighted by molar-refractivity contribution is -0.0176. The Morgan fingerprint density at radius 1 is 0.537 bits per heavy atom. The highest BCUT2D eigenvalue weighted by Gasteiger charge is 2.13. The zero-order valence-corrected chi connectivity index (χ0v) is 28.3. The molecule has 0 rings (SSSR count). The number of nitrogens with one attached hydrogen (secondary N) is 1. The second-order valence-corrected chi connectivity index (χ2v) is 12.7. The van der Waals surface area contributed by atoms with Gasteiger partial charge in [-0.15, -0.1) is 0 Å². The molecule has 0 fully saturated rings. The Bertz CT molecular complexity index is 514. The van der Waals surface area contributed by atoms with E-state index in [4.69, 9.17) is 14.2 Å². The fourth-order valence-electron chi connectivity index (χ4n) is 5.11. The normalized spacial score (nSPS) is 12.2. The van der Waals surface area contributed by atoms with Gasteiger partial charge in [-0.3, -0.25) is 0 Å². The monoisotopic (exact) mass is 584 g/mol. The number of hydrogen-bond acceptors (Lipinski definition) is 4. The molecule has 41 heavy (non-hydrogen) atoms. The number of carbonyl (C=O) groups is 1. The Kier molecular flexibility index (Phi) is 33.0. The van der Waals surface area contributed by atoms with Gasteiger partial charge in [0.15, 0.2) is 0 Å². The molecule has 0 aromatic heterocycles. The van der Waals surface area contributed by atoms with Crippen molar-refractivity contribution in [3.8, 4) is 0 Å². The molecule has 1 unspecified atom stereocenters. The molecule has 0 heterocycles. The first-order chi connectivity index (χ1) is 20.1. The van der Waals surface area contributed by atoms with Gasteiger partial charge in [0.1, 0.15) is 0 Å². The lowest BCUT2D eigenvalue weighted by Gasteiger charge is -2.19. The third kappa shape index (κ3) is 33.6. The Hall–Kier alpha value is -0.810. The van der Waals surface area contributed by atoms with Crippen molar-refractivity contribution >= 4 is 6.09 Å². The van der Waals surface area contributed by atoms with Gasteiger partial charge in [-0.05, 0) is 18.8 Å². The molecule has 0 aliphatic heterocycles. The van der Waals surface area contributed by atoms with E-state index in [0.717, 1.165) is 26.1 Å². The SMILES string of the molecule is CCCCCCCCCCCCCCOCC(CNC(=O)OCC(C)C)OCCCCCCCCCCCCCC. The van der Waals surface area contributed by atoms with Crippen LogP contribution in [0.4, 0.5) is 4.79 Å². The number of rotatable bonds is 33. The van der Waals surface area contributed by atoms with E-state index in [1.54, 1.807) is 0 Å². The van der Waals surface area contributed by atoms with Gasteiger partial charge in [0, 0.05) is 19.8 Å². The van der Waals surface area contributed by atoms with E-state index in [2.05, 4.69) is 19.2 Å². The van der Waals surface area contributed by atoms with E-state index in [-0.39, 0.29) is 12.2 Å². The van der Waals surface area contributed by atoms with Crippen molar-refractivity contribution in [2.24, 2.45) is 5.92 Å². The van der Waals surface area contributed by atoms with Gasteiger partial charge in [0.25, 0.3) is 0 Å². The molecule has 0 aromatic carbocycles. The highest BCUT2D eigenvalue weighted by molar-refractivity contribution is 5.67. The average Bonchev–Trinajstić information content (AvgIpc) is 2.96. The molecule has 1 atom stereocenters. The minimum atomic E-state index is -0.362. The number of alkyl carbamates (subject to hydrolysis) is 1. The van der Waals surface area contributed by atoms with Crippen LogP contribution in [0.3, 0.4) is 0 Å². The number of carbonyl (C=O) groups excluding carboxylic acids is 1. The Labute approximate surface area is 257 Å². The van der Waals surface area contributed by atoms with Crippen LogP contribution in [0.1, 0.15) is 182 Å². The predicted molar refractivity (Wildman–Crippen MR) is 177 cm³/mol. The smallest absolute Gasteiger partial charge is 0.407 e. The predicted octanol–water partition coefficient (Wildman–Crippen LogP) is 11.2. The van der Waals surface area contributed by atoms with Gasteiger partial charge in [0.05, 0.1) is 19.3 Å². The average molecular weight is 584 g/mol. The number of amides is 1. The highest BCUT2D eigenvalue weighted by atomic mass is 16.6. The zero-order valence-electron chi connectivity index (χ0n) is 28.3. The zero-order chi connectivity index (χ0) is 30.1. The summed E-state index contributed by atoms with van der Waals surface area (Å²) >= 11 is 0. The molecule has 0 spiro atoms.